The van der Waals surface area contributed by atoms with E-state index >= 15 is 0 Å². The van der Waals surface area contributed by atoms with Gasteiger partial charge in [0.2, 0.25) is 0 Å². The second kappa shape index (κ2) is 9.52. The molecule has 2 amide bonds. The zero-order valence-corrected chi connectivity index (χ0v) is 16.4. The first-order valence-corrected chi connectivity index (χ1v) is 9.15. The molecule has 8 heteroatoms. The summed E-state index contributed by atoms with van der Waals surface area (Å²) in [7, 11) is 0. The summed E-state index contributed by atoms with van der Waals surface area (Å²) in [6, 6.07) is 17.5. The number of aryl methyl sites for hydroxylation is 1. The Morgan fingerprint density at radius 2 is 1.72 bits per heavy atom. The quantitative estimate of drug-likeness (QED) is 0.537. The third-order valence-electron chi connectivity index (χ3n) is 3.76. The first-order valence-electron chi connectivity index (χ1n) is 8.75. The van der Waals surface area contributed by atoms with Crippen molar-refractivity contribution >= 4 is 40.5 Å². The van der Waals surface area contributed by atoms with E-state index in [9.17, 15) is 9.59 Å². The van der Waals surface area contributed by atoms with Crippen LogP contribution in [0.15, 0.2) is 71.3 Å². The Kier molecular flexibility index (Phi) is 6.59. The van der Waals surface area contributed by atoms with Gasteiger partial charge in [0, 0.05) is 11.4 Å². The maximum Gasteiger partial charge on any atom is 0.291 e. The number of ether oxygens (including phenoxy) is 1. The van der Waals surface area contributed by atoms with Crippen LogP contribution in [0.25, 0.3) is 0 Å². The lowest BCUT2D eigenvalue weighted by atomic mass is 10.2. The SMILES string of the molecule is Cc1cccc(OCC(=O)NC(=S)Nc2ccc(NC(=O)c3ccco3)cc2)c1. The first-order chi connectivity index (χ1) is 14.0. The van der Waals surface area contributed by atoms with Gasteiger partial charge in [0.1, 0.15) is 5.75 Å². The van der Waals surface area contributed by atoms with Gasteiger partial charge in [-0.15, -0.1) is 0 Å². The van der Waals surface area contributed by atoms with E-state index in [1.54, 1.807) is 42.5 Å². The third-order valence-corrected chi connectivity index (χ3v) is 3.96. The molecule has 0 fully saturated rings. The molecule has 3 N–H and O–H groups in total. The Morgan fingerprint density at radius 1 is 1.00 bits per heavy atom. The van der Waals surface area contributed by atoms with Crippen LogP contribution < -0.4 is 20.7 Å². The minimum absolute atomic E-state index is 0.148. The van der Waals surface area contributed by atoms with Gasteiger partial charge in [-0.25, -0.2) is 0 Å². The molecule has 3 aromatic rings. The monoisotopic (exact) mass is 409 g/mol. The number of anilines is 2. The number of amides is 2. The lowest BCUT2D eigenvalue weighted by Crippen LogP contribution is -2.37. The molecule has 0 aliphatic carbocycles. The summed E-state index contributed by atoms with van der Waals surface area (Å²) in [5, 5.41) is 8.32. The van der Waals surface area contributed by atoms with Gasteiger partial charge in [-0.3, -0.25) is 14.9 Å². The molecule has 0 saturated heterocycles. The molecule has 0 unspecified atom stereocenters. The fraction of sp³-hybridized carbons (Fsp3) is 0.0952. The molecular formula is C21H19N3O4S. The number of thiocarbonyl (C=S) groups is 1. The molecular weight excluding hydrogens is 390 g/mol. The third kappa shape index (κ3) is 6.18. The number of carbonyl (C=O) groups is 2. The summed E-state index contributed by atoms with van der Waals surface area (Å²) in [5.41, 5.74) is 2.30. The standard InChI is InChI=1S/C21H19N3O4S/c1-14-4-2-5-17(12-14)28-13-19(25)24-21(29)23-16-9-7-15(8-10-16)22-20(26)18-6-3-11-27-18/h2-12H,13H2,1H3,(H,22,26)(H2,23,24,25,29). The molecule has 148 valence electrons. The Bertz CT molecular complexity index is 1000. The molecule has 0 spiro atoms. The number of hydrogen-bond acceptors (Lipinski definition) is 5. The summed E-state index contributed by atoms with van der Waals surface area (Å²) < 4.78 is 10.5. The molecule has 0 atom stereocenters. The average Bonchev–Trinajstić information content (AvgIpc) is 3.23. The first kappa shape index (κ1) is 20.1. The number of furan rings is 1. The van der Waals surface area contributed by atoms with E-state index in [1.807, 2.05) is 25.1 Å². The van der Waals surface area contributed by atoms with Crippen molar-refractivity contribution in [3.8, 4) is 5.75 Å². The maximum atomic E-state index is 12.0. The van der Waals surface area contributed by atoms with Crippen molar-refractivity contribution in [2.75, 3.05) is 17.2 Å². The van der Waals surface area contributed by atoms with Crippen LogP contribution in [0.4, 0.5) is 11.4 Å². The van der Waals surface area contributed by atoms with Crippen molar-refractivity contribution in [1.82, 2.24) is 5.32 Å². The van der Waals surface area contributed by atoms with Gasteiger partial charge in [-0.2, -0.15) is 0 Å². The van der Waals surface area contributed by atoms with E-state index in [4.69, 9.17) is 21.4 Å². The summed E-state index contributed by atoms with van der Waals surface area (Å²) in [4.78, 5) is 23.9. The van der Waals surface area contributed by atoms with Crippen molar-refractivity contribution in [2.24, 2.45) is 0 Å². The highest BCUT2D eigenvalue weighted by Crippen LogP contribution is 2.15. The molecule has 0 bridgehead atoms. The second-order valence-corrected chi connectivity index (χ2v) is 6.52. The number of benzene rings is 2. The molecule has 1 heterocycles. The molecule has 0 aliphatic heterocycles. The maximum absolute atomic E-state index is 12.0. The van der Waals surface area contributed by atoms with Crippen LogP contribution in [0, 0.1) is 6.92 Å². The van der Waals surface area contributed by atoms with E-state index in [-0.39, 0.29) is 29.3 Å². The zero-order chi connectivity index (χ0) is 20.6. The van der Waals surface area contributed by atoms with Gasteiger partial charge in [-0.05, 0) is 73.2 Å². The smallest absolute Gasteiger partial charge is 0.291 e. The van der Waals surface area contributed by atoms with Crippen LogP contribution in [-0.2, 0) is 4.79 Å². The highest BCUT2D eigenvalue weighted by molar-refractivity contribution is 7.80. The van der Waals surface area contributed by atoms with Crippen molar-refractivity contribution in [2.45, 2.75) is 6.92 Å². The van der Waals surface area contributed by atoms with E-state index < -0.39 is 0 Å². The Morgan fingerprint density at radius 3 is 2.38 bits per heavy atom. The van der Waals surface area contributed by atoms with Crippen molar-refractivity contribution in [3.63, 3.8) is 0 Å². The summed E-state index contributed by atoms with van der Waals surface area (Å²) >= 11 is 5.14. The van der Waals surface area contributed by atoms with Crippen molar-refractivity contribution in [1.29, 1.82) is 0 Å². The molecule has 0 aliphatic rings. The topological polar surface area (TPSA) is 92.6 Å². The highest BCUT2D eigenvalue weighted by atomic mass is 32.1. The summed E-state index contributed by atoms with van der Waals surface area (Å²) in [5.74, 6) is 0.133. The second-order valence-electron chi connectivity index (χ2n) is 6.12. The van der Waals surface area contributed by atoms with E-state index in [0.717, 1.165) is 5.56 Å². The van der Waals surface area contributed by atoms with Crippen LogP contribution in [0.2, 0.25) is 0 Å². The van der Waals surface area contributed by atoms with Gasteiger partial charge in [0.15, 0.2) is 17.5 Å². The fourth-order valence-corrected chi connectivity index (χ4v) is 2.65. The van der Waals surface area contributed by atoms with Gasteiger partial charge in [0.25, 0.3) is 11.8 Å². The van der Waals surface area contributed by atoms with Gasteiger partial charge in [0.05, 0.1) is 6.26 Å². The number of hydrogen-bond donors (Lipinski definition) is 3. The van der Waals surface area contributed by atoms with Crippen LogP contribution in [-0.4, -0.2) is 23.5 Å². The van der Waals surface area contributed by atoms with E-state index in [2.05, 4.69) is 16.0 Å². The van der Waals surface area contributed by atoms with Crippen molar-refractivity contribution in [3.05, 3.63) is 78.3 Å². The molecule has 3 rings (SSSR count). The number of rotatable bonds is 6. The summed E-state index contributed by atoms with van der Waals surface area (Å²) in [6.07, 6.45) is 1.43. The van der Waals surface area contributed by atoms with Crippen LogP contribution in [0.5, 0.6) is 5.75 Å². The van der Waals surface area contributed by atoms with Gasteiger partial charge in [-0.1, -0.05) is 12.1 Å². The fourth-order valence-electron chi connectivity index (χ4n) is 2.42. The van der Waals surface area contributed by atoms with Gasteiger partial charge < -0.3 is 19.8 Å². The predicted molar refractivity (Wildman–Crippen MR) is 114 cm³/mol. The van der Waals surface area contributed by atoms with Crippen LogP contribution in [0.3, 0.4) is 0 Å². The Labute approximate surface area is 173 Å². The molecule has 7 nitrogen and oxygen atoms in total. The van der Waals surface area contributed by atoms with E-state index in [0.29, 0.717) is 17.1 Å². The Hall–Kier alpha value is -3.65. The van der Waals surface area contributed by atoms with Crippen LogP contribution in [0.1, 0.15) is 16.1 Å². The minimum atomic E-state index is -0.369. The molecule has 0 saturated carbocycles. The minimum Gasteiger partial charge on any atom is -0.484 e. The molecule has 2 aromatic carbocycles. The summed E-state index contributed by atoms with van der Waals surface area (Å²) in [6.45, 7) is 1.79. The lowest BCUT2D eigenvalue weighted by molar-refractivity contribution is -0.121. The van der Waals surface area contributed by atoms with Gasteiger partial charge >= 0.3 is 0 Å². The highest BCUT2D eigenvalue weighted by Gasteiger charge is 2.09. The van der Waals surface area contributed by atoms with E-state index in [1.165, 1.54) is 6.26 Å². The van der Waals surface area contributed by atoms with Crippen LogP contribution >= 0.6 is 12.2 Å². The van der Waals surface area contributed by atoms with Crippen molar-refractivity contribution < 1.29 is 18.7 Å². The predicted octanol–water partition coefficient (Wildman–Crippen LogP) is 3.73. The molecule has 29 heavy (non-hydrogen) atoms. The Balaban J connectivity index is 1.45. The lowest BCUT2D eigenvalue weighted by Gasteiger charge is -2.11. The average molecular weight is 409 g/mol. The normalized spacial score (nSPS) is 10.1. The number of nitrogens with one attached hydrogen (secondary N) is 3. The molecule has 1 aromatic heterocycles. The largest absolute Gasteiger partial charge is 0.484 e. The molecule has 0 radical (unpaired) electrons. The number of carbonyl (C=O) groups excluding carboxylic acids is 2. The zero-order valence-electron chi connectivity index (χ0n) is 15.6.